The third-order valence-electron chi connectivity index (χ3n) is 3.70. The van der Waals surface area contributed by atoms with Gasteiger partial charge in [0.2, 0.25) is 11.9 Å². The van der Waals surface area contributed by atoms with E-state index in [0.29, 0.717) is 30.3 Å². The van der Waals surface area contributed by atoms with Crippen molar-refractivity contribution in [3.8, 4) is 0 Å². The number of hydrogen-bond donors (Lipinski definition) is 1. The van der Waals surface area contributed by atoms with E-state index in [1.54, 1.807) is 12.4 Å². The molecule has 1 aromatic carbocycles. The van der Waals surface area contributed by atoms with E-state index in [2.05, 4.69) is 41.0 Å². The molecule has 11 heteroatoms. The van der Waals surface area contributed by atoms with Crippen LogP contribution in [0.3, 0.4) is 0 Å². The zero-order valence-electron chi connectivity index (χ0n) is 13.6. The van der Waals surface area contributed by atoms with Crippen molar-refractivity contribution in [3.05, 3.63) is 39.1 Å². The number of aromatic nitrogens is 2. The fourth-order valence-corrected chi connectivity index (χ4v) is 3.05. The number of amides is 1. The van der Waals surface area contributed by atoms with Gasteiger partial charge in [0.15, 0.2) is 0 Å². The Hall–Kier alpha value is -2.82. The minimum Gasteiger partial charge on any atom is -0.325 e. The lowest BCUT2D eigenvalue weighted by Crippen LogP contribution is -2.38. The number of halogens is 1. The second-order valence-electron chi connectivity index (χ2n) is 5.39. The van der Waals surface area contributed by atoms with E-state index >= 15 is 0 Å². The standard InChI is InChI=1S/C15H15BrN6O4/c16-13-10(3-4-11-14(13)18-6-5-17-11)20-15-19-7-8-21(15)12(23)2-1-9-26-22(24)25/h3-6H,1-2,7-9H2,(H,19,20). The molecule has 0 saturated carbocycles. The lowest BCUT2D eigenvalue weighted by Gasteiger charge is -2.20. The van der Waals surface area contributed by atoms with Crippen molar-refractivity contribution in [2.24, 2.45) is 4.99 Å². The summed E-state index contributed by atoms with van der Waals surface area (Å²) in [5, 5.41) is 12.4. The normalized spacial score (nSPS) is 13.6. The van der Waals surface area contributed by atoms with Crippen LogP contribution in [0.15, 0.2) is 34.0 Å². The molecule has 2 heterocycles. The first kappa shape index (κ1) is 18.0. The van der Waals surface area contributed by atoms with E-state index in [9.17, 15) is 14.9 Å². The maximum absolute atomic E-state index is 12.3. The van der Waals surface area contributed by atoms with Crippen molar-refractivity contribution >= 4 is 44.5 Å². The molecule has 0 saturated heterocycles. The minimum atomic E-state index is -0.866. The number of anilines is 1. The predicted octanol–water partition coefficient (Wildman–Crippen LogP) is 1.99. The summed E-state index contributed by atoms with van der Waals surface area (Å²) in [6, 6.07) is 3.65. The lowest BCUT2D eigenvalue weighted by atomic mass is 10.2. The van der Waals surface area contributed by atoms with Gasteiger partial charge in [0.1, 0.15) is 5.52 Å². The Balaban J connectivity index is 1.66. The second kappa shape index (κ2) is 8.04. The number of rotatable bonds is 6. The van der Waals surface area contributed by atoms with E-state index in [4.69, 9.17) is 0 Å². The van der Waals surface area contributed by atoms with E-state index in [-0.39, 0.29) is 25.4 Å². The lowest BCUT2D eigenvalue weighted by molar-refractivity contribution is -0.757. The second-order valence-corrected chi connectivity index (χ2v) is 6.18. The fraction of sp³-hybridized carbons (Fsp3) is 0.333. The van der Waals surface area contributed by atoms with E-state index < -0.39 is 5.09 Å². The Morgan fingerprint density at radius 1 is 1.38 bits per heavy atom. The molecule has 0 spiro atoms. The topological polar surface area (TPSA) is 123 Å². The van der Waals surface area contributed by atoms with Crippen molar-refractivity contribution in [3.63, 3.8) is 0 Å². The smallest absolute Gasteiger partial charge is 0.294 e. The zero-order valence-corrected chi connectivity index (χ0v) is 15.2. The number of nitrogens with zero attached hydrogens (tertiary/aromatic N) is 5. The number of benzene rings is 1. The summed E-state index contributed by atoms with van der Waals surface area (Å²) >= 11 is 3.51. The minimum absolute atomic E-state index is 0.110. The van der Waals surface area contributed by atoms with Gasteiger partial charge >= 0.3 is 0 Å². The largest absolute Gasteiger partial charge is 0.325 e. The maximum Gasteiger partial charge on any atom is 0.294 e. The summed E-state index contributed by atoms with van der Waals surface area (Å²) < 4.78 is 0.726. The molecule has 0 bridgehead atoms. The third-order valence-corrected chi connectivity index (χ3v) is 4.50. The van der Waals surface area contributed by atoms with Crippen LogP contribution < -0.4 is 5.32 Å². The molecule has 1 aliphatic rings. The van der Waals surface area contributed by atoms with E-state index in [1.165, 1.54) is 4.90 Å². The summed E-state index contributed by atoms with van der Waals surface area (Å²) in [5.74, 6) is 0.270. The first-order valence-corrected chi connectivity index (χ1v) is 8.64. The highest BCUT2D eigenvalue weighted by atomic mass is 79.9. The van der Waals surface area contributed by atoms with Gasteiger partial charge in [0, 0.05) is 25.4 Å². The van der Waals surface area contributed by atoms with Crippen LogP contribution in [0.4, 0.5) is 5.69 Å². The van der Waals surface area contributed by atoms with Crippen LogP contribution in [0.2, 0.25) is 0 Å². The van der Waals surface area contributed by atoms with Crippen molar-refractivity contribution in [1.29, 1.82) is 0 Å². The van der Waals surface area contributed by atoms with Gasteiger partial charge in [-0.3, -0.25) is 24.7 Å². The molecule has 26 heavy (non-hydrogen) atoms. The highest BCUT2D eigenvalue weighted by Crippen LogP contribution is 2.29. The van der Waals surface area contributed by atoms with Crippen molar-refractivity contribution < 1.29 is 14.7 Å². The molecule has 0 fully saturated rings. The summed E-state index contributed by atoms with van der Waals surface area (Å²) in [4.78, 5) is 41.1. The fourth-order valence-electron chi connectivity index (χ4n) is 2.51. The SMILES string of the molecule is O=C(CCCO[N+](=O)[O-])N1CCN=C1Nc1ccc2nccnc2c1Br. The summed E-state index contributed by atoms with van der Waals surface area (Å²) in [6.45, 7) is 0.841. The Bertz CT molecular complexity index is 874. The number of nitrogens with one attached hydrogen (secondary N) is 1. The summed E-state index contributed by atoms with van der Waals surface area (Å²) in [7, 11) is 0. The average Bonchev–Trinajstić information content (AvgIpc) is 3.09. The zero-order chi connectivity index (χ0) is 18.5. The van der Waals surface area contributed by atoms with Crippen LogP contribution in [0, 0.1) is 10.1 Å². The molecule has 10 nitrogen and oxygen atoms in total. The Labute approximate surface area is 156 Å². The van der Waals surface area contributed by atoms with Crippen molar-refractivity contribution in [2.45, 2.75) is 12.8 Å². The molecule has 1 aliphatic heterocycles. The highest BCUT2D eigenvalue weighted by Gasteiger charge is 2.24. The van der Waals surface area contributed by atoms with Gasteiger partial charge in [0.05, 0.1) is 28.8 Å². The molecule has 1 amide bonds. The monoisotopic (exact) mass is 422 g/mol. The van der Waals surface area contributed by atoms with Gasteiger partial charge in [-0.05, 0) is 34.5 Å². The molecule has 2 aromatic rings. The Kier molecular flexibility index (Phi) is 5.56. The van der Waals surface area contributed by atoms with E-state index in [0.717, 1.165) is 9.99 Å². The van der Waals surface area contributed by atoms with Crippen LogP contribution in [0.5, 0.6) is 0 Å². The van der Waals surface area contributed by atoms with Gasteiger partial charge in [-0.25, -0.2) is 0 Å². The molecular formula is C15H15BrN6O4. The van der Waals surface area contributed by atoms with Gasteiger partial charge in [-0.1, -0.05) is 0 Å². The maximum atomic E-state index is 12.3. The molecule has 136 valence electrons. The highest BCUT2D eigenvalue weighted by molar-refractivity contribution is 9.10. The number of hydrogen-bond acceptors (Lipinski definition) is 8. The quantitative estimate of drug-likeness (QED) is 0.428. The summed E-state index contributed by atoms with van der Waals surface area (Å²) in [5.41, 5.74) is 2.16. The molecule has 0 atom stereocenters. The van der Waals surface area contributed by atoms with Crippen LogP contribution in [0.25, 0.3) is 11.0 Å². The molecule has 0 radical (unpaired) electrons. The van der Waals surface area contributed by atoms with Gasteiger partial charge < -0.3 is 10.2 Å². The van der Waals surface area contributed by atoms with Crippen LogP contribution in [-0.2, 0) is 9.63 Å². The average molecular weight is 423 g/mol. The van der Waals surface area contributed by atoms with E-state index in [1.807, 2.05) is 12.1 Å². The van der Waals surface area contributed by atoms with Crippen LogP contribution >= 0.6 is 15.9 Å². The number of fused-ring (bicyclic) bond motifs is 1. The first-order chi connectivity index (χ1) is 12.6. The van der Waals surface area contributed by atoms with Crippen LogP contribution in [0.1, 0.15) is 12.8 Å². The number of guanidine groups is 1. The molecule has 1 N–H and O–H groups in total. The van der Waals surface area contributed by atoms with Crippen LogP contribution in [-0.4, -0.2) is 51.5 Å². The molecule has 0 unspecified atom stereocenters. The molecular weight excluding hydrogens is 408 g/mol. The number of carbonyl (C=O) groups is 1. The molecule has 1 aromatic heterocycles. The third kappa shape index (κ3) is 4.04. The Morgan fingerprint density at radius 2 is 2.19 bits per heavy atom. The predicted molar refractivity (Wildman–Crippen MR) is 97.1 cm³/mol. The summed E-state index contributed by atoms with van der Waals surface area (Å²) in [6.07, 6.45) is 3.62. The number of carbonyl (C=O) groups excluding carboxylic acids is 1. The molecule has 3 rings (SSSR count). The Morgan fingerprint density at radius 3 is 3.00 bits per heavy atom. The van der Waals surface area contributed by atoms with Gasteiger partial charge in [-0.2, -0.15) is 0 Å². The van der Waals surface area contributed by atoms with Gasteiger partial charge in [-0.15, -0.1) is 10.1 Å². The van der Waals surface area contributed by atoms with Crippen molar-refractivity contribution in [2.75, 3.05) is 25.0 Å². The number of aliphatic imine (C=N–C) groups is 1. The first-order valence-electron chi connectivity index (χ1n) is 7.84. The van der Waals surface area contributed by atoms with Gasteiger partial charge in [0.25, 0.3) is 5.09 Å². The van der Waals surface area contributed by atoms with Crippen molar-refractivity contribution in [1.82, 2.24) is 14.9 Å². The molecule has 0 aliphatic carbocycles.